The maximum absolute atomic E-state index is 12.9. The van der Waals surface area contributed by atoms with Crippen molar-refractivity contribution in [3.8, 4) is 0 Å². The Morgan fingerprint density at radius 2 is 2.06 bits per heavy atom. The maximum Gasteiger partial charge on any atom is 0.405 e. The minimum atomic E-state index is -2.73. The molecule has 0 aromatic carbocycles. The molecule has 6 heteroatoms. The van der Waals surface area contributed by atoms with E-state index in [1.165, 1.54) is 18.3 Å². The second-order valence-electron chi connectivity index (χ2n) is 4.96. The van der Waals surface area contributed by atoms with E-state index >= 15 is 0 Å². The molecule has 1 unspecified atom stereocenters. The third-order valence-corrected chi connectivity index (χ3v) is 2.38. The van der Waals surface area contributed by atoms with E-state index in [4.69, 9.17) is 10.5 Å². The second kappa shape index (κ2) is 5.29. The standard InChI is InChI=1S/C12H16F2N2O2/c1-12(2,3)9(18-11(15)17)7-5-4-6-16-8(7)10(13)14/h4-6,9-10H,1-3H3,(H2,15,17). The number of aromatic nitrogens is 1. The van der Waals surface area contributed by atoms with E-state index in [1.54, 1.807) is 20.8 Å². The summed E-state index contributed by atoms with van der Waals surface area (Å²) in [5.41, 5.74) is 4.21. The number of primary amides is 1. The number of halogens is 2. The highest BCUT2D eigenvalue weighted by molar-refractivity contribution is 5.65. The van der Waals surface area contributed by atoms with Crippen LogP contribution in [-0.4, -0.2) is 11.1 Å². The maximum atomic E-state index is 12.9. The third kappa shape index (κ3) is 3.38. The molecule has 1 aromatic heterocycles. The zero-order valence-corrected chi connectivity index (χ0v) is 10.5. The molecular formula is C12H16F2N2O2. The fraction of sp³-hybridized carbons (Fsp3) is 0.500. The summed E-state index contributed by atoms with van der Waals surface area (Å²) in [7, 11) is 0. The van der Waals surface area contributed by atoms with Gasteiger partial charge in [0.25, 0.3) is 6.43 Å². The van der Waals surface area contributed by atoms with Gasteiger partial charge >= 0.3 is 6.09 Å². The van der Waals surface area contributed by atoms with Crippen LogP contribution in [0.3, 0.4) is 0 Å². The zero-order chi connectivity index (χ0) is 13.9. The number of alkyl halides is 2. The van der Waals surface area contributed by atoms with Gasteiger partial charge in [-0.05, 0) is 6.07 Å². The summed E-state index contributed by atoms with van der Waals surface area (Å²) in [6, 6.07) is 2.98. The Labute approximate surface area is 104 Å². The van der Waals surface area contributed by atoms with Gasteiger partial charge in [0.1, 0.15) is 11.8 Å². The van der Waals surface area contributed by atoms with Crippen molar-refractivity contribution in [1.29, 1.82) is 0 Å². The Kier molecular flexibility index (Phi) is 4.21. The first-order valence-corrected chi connectivity index (χ1v) is 5.42. The van der Waals surface area contributed by atoms with E-state index in [9.17, 15) is 13.6 Å². The number of nitrogens with zero attached hydrogens (tertiary/aromatic N) is 1. The van der Waals surface area contributed by atoms with Gasteiger partial charge in [-0.2, -0.15) is 0 Å². The summed E-state index contributed by atoms with van der Waals surface area (Å²) >= 11 is 0. The van der Waals surface area contributed by atoms with Crippen LogP contribution in [0.1, 0.15) is 44.6 Å². The van der Waals surface area contributed by atoms with Crippen molar-refractivity contribution in [1.82, 2.24) is 4.98 Å². The van der Waals surface area contributed by atoms with E-state index in [0.717, 1.165) is 0 Å². The first-order chi connectivity index (χ1) is 8.23. The summed E-state index contributed by atoms with van der Waals surface area (Å²) in [6.45, 7) is 5.30. The van der Waals surface area contributed by atoms with Crippen molar-refractivity contribution in [3.63, 3.8) is 0 Å². The molecule has 0 bridgehead atoms. The number of hydrogen-bond acceptors (Lipinski definition) is 3. The van der Waals surface area contributed by atoms with Crippen LogP contribution in [0.25, 0.3) is 0 Å². The molecule has 0 radical (unpaired) electrons. The molecule has 0 spiro atoms. The molecule has 0 fully saturated rings. The molecule has 0 saturated heterocycles. The van der Waals surface area contributed by atoms with Gasteiger partial charge in [0, 0.05) is 17.2 Å². The molecule has 0 saturated carbocycles. The second-order valence-corrected chi connectivity index (χ2v) is 4.96. The number of amides is 1. The van der Waals surface area contributed by atoms with E-state index < -0.39 is 29.7 Å². The zero-order valence-electron chi connectivity index (χ0n) is 10.5. The van der Waals surface area contributed by atoms with Crippen LogP contribution in [0.15, 0.2) is 18.3 Å². The smallest absolute Gasteiger partial charge is 0.405 e. The number of rotatable bonds is 3. The van der Waals surface area contributed by atoms with Crippen LogP contribution in [0, 0.1) is 5.41 Å². The van der Waals surface area contributed by atoms with E-state index in [1.807, 2.05) is 0 Å². The summed E-state index contributed by atoms with van der Waals surface area (Å²) in [5.74, 6) is 0. The number of ether oxygens (including phenoxy) is 1. The quantitative estimate of drug-likeness (QED) is 0.905. The fourth-order valence-corrected chi connectivity index (χ4v) is 1.66. The monoisotopic (exact) mass is 258 g/mol. The lowest BCUT2D eigenvalue weighted by atomic mass is 9.84. The Balaban J connectivity index is 3.25. The van der Waals surface area contributed by atoms with Crippen molar-refractivity contribution in [2.45, 2.75) is 33.3 Å². The molecule has 0 aliphatic heterocycles. The van der Waals surface area contributed by atoms with Gasteiger partial charge in [-0.25, -0.2) is 13.6 Å². The Morgan fingerprint density at radius 1 is 1.44 bits per heavy atom. The van der Waals surface area contributed by atoms with Crippen LogP contribution < -0.4 is 5.73 Å². The number of hydrogen-bond donors (Lipinski definition) is 1. The highest BCUT2D eigenvalue weighted by Gasteiger charge is 2.33. The normalized spacial score (nSPS) is 13.4. The lowest BCUT2D eigenvalue weighted by Crippen LogP contribution is -2.28. The molecule has 0 aliphatic rings. The number of nitrogens with two attached hydrogens (primary N) is 1. The molecule has 2 N–H and O–H groups in total. The van der Waals surface area contributed by atoms with Crippen LogP contribution in [-0.2, 0) is 4.74 Å². The van der Waals surface area contributed by atoms with Crippen molar-refractivity contribution < 1.29 is 18.3 Å². The Bertz CT molecular complexity index is 430. The minimum absolute atomic E-state index is 0.179. The average molecular weight is 258 g/mol. The molecular weight excluding hydrogens is 242 g/mol. The Morgan fingerprint density at radius 3 is 2.50 bits per heavy atom. The molecule has 1 amide bonds. The van der Waals surface area contributed by atoms with Crippen molar-refractivity contribution in [2.75, 3.05) is 0 Å². The van der Waals surface area contributed by atoms with Gasteiger partial charge in [-0.15, -0.1) is 0 Å². The molecule has 4 nitrogen and oxygen atoms in total. The van der Waals surface area contributed by atoms with E-state index in [2.05, 4.69) is 4.98 Å². The average Bonchev–Trinajstić information content (AvgIpc) is 2.24. The summed E-state index contributed by atoms with van der Waals surface area (Å²) < 4.78 is 30.7. The topological polar surface area (TPSA) is 65.2 Å². The van der Waals surface area contributed by atoms with Gasteiger partial charge in [0.15, 0.2) is 0 Å². The number of carbonyl (C=O) groups is 1. The SMILES string of the molecule is CC(C)(C)C(OC(N)=O)c1cccnc1C(F)F. The molecule has 18 heavy (non-hydrogen) atoms. The number of pyridine rings is 1. The Hall–Kier alpha value is -1.72. The summed E-state index contributed by atoms with van der Waals surface area (Å²) in [5, 5.41) is 0. The van der Waals surface area contributed by atoms with Crippen molar-refractivity contribution in [2.24, 2.45) is 11.1 Å². The van der Waals surface area contributed by atoms with E-state index in [-0.39, 0.29) is 5.56 Å². The highest BCUT2D eigenvalue weighted by Crippen LogP contribution is 2.39. The minimum Gasteiger partial charge on any atom is -0.441 e. The van der Waals surface area contributed by atoms with Gasteiger partial charge in [0.05, 0.1) is 0 Å². The summed E-state index contributed by atoms with van der Waals surface area (Å²) in [4.78, 5) is 14.5. The van der Waals surface area contributed by atoms with Crippen LogP contribution in [0.2, 0.25) is 0 Å². The van der Waals surface area contributed by atoms with Crippen LogP contribution in [0.5, 0.6) is 0 Å². The predicted octanol–water partition coefficient (Wildman–Crippen LogP) is 3.20. The fourth-order valence-electron chi connectivity index (χ4n) is 1.66. The lowest BCUT2D eigenvalue weighted by molar-refractivity contribution is 0.0318. The van der Waals surface area contributed by atoms with Crippen molar-refractivity contribution in [3.05, 3.63) is 29.6 Å². The molecule has 100 valence electrons. The molecule has 1 aromatic rings. The molecule has 1 rings (SSSR count). The van der Waals surface area contributed by atoms with Crippen LogP contribution in [0.4, 0.5) is 13.6 Å². The third-order valence-electron chi connectivity index (χ3n) is 2.38. The molecule has 0 aliphatic carbocycles. The lowest BCUT2D eigenvalue weighted by Gasteiger charge is -2.30. The van der Waals surface area contributed by atoms with Gasteiger partial charge in [-0.1, -0.05) is 26.8 Å². The summed E-state index contributed by atoms with van der Waals surface area (Å²) in [6.07, 6.45) is -3.33. The van der Waals surface area contributed by atoms with Gasteiger partial charge in [-0.3, -0.25) is 4.98 Å². The molecule has 1 heterocycles. The molecule has 1 atom stereocenters. The van der Waals surface area contributed by atoms with E-state index in [0.29, 0.717) is 0 Å². The number of carbonyl (C=O) groups excluding carboxylic acids is 1. The van der Waals surface area contributed by atoms with Gasteiger partial charge < -0.3 is 10.5 Å². The van der Waals surface area contributed by atoms with Crippen LogP contribution >= 0.6 is 0 Å². The largest absolute Gasteiger partial charge is 0.441 e. The van der Waals surface area contributed by atoms with Crippen molar-refractivity contribution >= 4 is 6.09 Å². The highest BCUT2D eigenvalue weighted by atomic mass is 19.3. The first-order valence-electron chi connectivity index (χ1n) is 5.42. The predicted molar refractivity (Wildman–Crippen MR) is 62.1 cm³/mol. The van der Waals surface area contributed by atoms with Gasteiger partial charge in [0.2, 0.25) is 0 Å². The first kappa shape index (κ1) is 14.3.